The van der Waals surface area contributed by atoms with Crippen LogP contribution < -0.4 is 4.90 Å². The zero-order chi connectivity index (χ0) is 22.2. The largest absolute Gasteiger partial charge is 0.345 e. The topological polar surface area (TPSA) is 53.5 Å². The van der Waals surface area contributed by atoms with Gasteiger partial charge in [-0.05, 0) is 35.9 Å². The average molecular weight is 521 g/mol. The predicted molar refractivity (Wildman–Crippen MR) is 124 cm³/mol. The Hall–Kier alpha value is -1.42. The van der Waals surface area contributed by atoms with E-state index in [1.165, 1.54) is 33.8 Å². The Kier molecular flexibility index (Phi) is 6.76. The normalized spacial score (nSPS) is 15.4. The lowest BCUT2D eigenvalue weighted by atomic mass is 10.1. The molecule has 164 valence electrons. The van der Waals surface area contributed by atoms with Crippen LogP contribution in [-0.2, 0) is 16.4 Å². The van der Waals surface area contributed by atoms with Crippen molar-refractivity contribution in [2.24, 2.45) is 0 Å². The number of piperazine rings is 1. The monoisotopic (exact) mass is 519 g/mol. The van der Waals surface area contributed by atoms with Gasteiger partial charge >= 0.3 is 0 Å². The van der Waals surface area contributed by atoms with Crippen molar-refractivity contribution in [2.45, 2.75) is 11.3 Å². The molecule has 0 bridgehead atoms. The molecule has 31 heavy (non-hydrogen) atoms. The van der Waals surface area contributed by atoms with E-state index in [0.29, 0.717) is 37.6 Å². The molecule has 1 saturated heterocycles. The Morgan fingerprint density at radius 1 is 1.06 bits per heavy atom. The van der Waals surface area contributed by atoms with Crippen molar-refractivity contribution in [1.82, 2.24) is 9.29 Å². The fraction of sp³-hybridized carbons (Fsp3) is 0.250. The van der Waals surface area contributed by atoms with Gasteiger partial charge in [-0.1, -0.05) is 40.9 Å². The molecule has 3 aromatic rings. The highest BCUT2D eigenvalue weighted by Crippen LogP contribution is 2.32. The molecule has 5 nitrogen and oxygen atoms in total. The van der Waals surface area contributed by atoms with Crippen molar-refractivity contribution >= 4 is 61.3 Å². The smallest absolute Gasteiger partial charge is 0.244 e. The van der Waals surface area contributed by atoms with Gasteiger partial charge in [-0.25, -0.2) is 17.8 Å². The highest BCUT2D eigenvalue weighted by atomic mass is 35.5. The van der Waals surface area contributed by atoms with Crippen molar-refractivity contribution in [2.75, 3.05) is 31.1 Å². The van der Waals surface area contributed by atoms with Gasteiger partial charge in [-0.15, -0.1) is 11.3 Å². The first-order chi connectivity index (χ1) is 14.7. The molecule has 1 aliphatic heterocycles. The summed E-state index contributed by atoms with van der Waals surface area (Å²) in [4.78, 5) is 6.69. The zero-order valence-corrected chi connectivity index (χ0v) is 20.0. The van der Waals surface area contributed by atoms with Crippen molar-refractivity contribution in [3.05, 3.63) is 73.9 Å². The number of aromatic nitrogens is 1. The van der Waals surface area contributed by atoms with Crippen LogP contribution >= 0.6 is 46.1 Å². The highest BCUT2D eigenvalue weighted by molar-refractivity contribution is 7.89. The molecule has 0 aliphatic carbocycles. The lowest BCUT2D eigenvalue weighted by Crippen LogP contribution is -2.48. The zero-order valence-electron chi connectivity index (χ0n) is 16.1. The van der Waals surface area contributed by atoms with Crippen LogP contribution in [0.5, 0.6) is 0 Å². The number of anilines is 1. The molecule has 0 atom stereocenters. The molecule has 11 heteroatoms. The fourth-order valence-corrected chi connectivity index (χ4v) is 6.67. The second-order valence-electron chi connectivity index (χ2n) is 7.02. The van der Waals surface area contributed by atoms with Crippen molar-refractivity contribution in [1.29, 1.82) is 0 Å². The number of hydrogen-bond donors (Lipinski definition) is 0. The van der Waals surface area contributed by atoms with E-state index < -0.39 is 10.0 Å². The Morgan fingerprint density at radius 3 is 2.52 bits per heavy atom. The molecule has 0 radical (unpaired) electrons. The number of rotatable bonds is 5. The molecule has 1 fully saturated rings. The van der Waals surface area contributed by atoms with E-state index in [-0.39, 0.29) is 20.8 Å². The van der Waals surface area contributed by atoms with Gasteiger partial charge in [-0.3, -0.25) is 0 Å². The van der Waals surface area contributed by atoms with E-state index in [4.69, 9.17) is 34.8 Å². The van der Waals surface area contributed by atoms with Gasteiger partial charge in [0.25, 0.3) is 0 Å². The maximum atomic E-state index is 13.5. The van der Waals surface area contributed by atoms with Gasteiger partial charge in [-0.2, -0.15) is 4.31 Å². The maximum absolute atomic E-state index is 13.5. The summed E-state index contributed by atoms with van der Waals surface area (Å²) in [6.07, 6.45) is 0.468. The summed E-state index contributed by atoms with van der Waals surface area (Å²) in [5.41, 5.74) is 1.55. The number of benzene rings is 2. The summed E-state index contributed by atoms with van der Waals surface area (Å²) in [7, 11) is -3.74. The van der Waals surface area contributed by atoms with E-state index in [2.05, 4.69) is 4.98 Å². The van der Waals surface area contributed by atoms with Crippen LogP contribution in [0.1, 0.15) is 11.3 Å². The van der Waals surface area contributed by atoms with Gasteiger partial charge in [0.1, 0.15) is 10.7 Å². The molecule has 0 saturated carbocycles. The number of sulfonamides is 1. The lowest BCUT2D eigenvalue weighted by molar-refractivity contribution is 0.384. The Labute approximate surface area is 199 Å². The van der Waals surface area contributed by atoms with Crippen LogP contribution in [0.25, 0.3) is 0 Å². The highest BCUT2D eigenvalue weighted by Gasteiger charge is 2.31. The van der Waals surface area contributed by atoms with Gasteiger partial charge in [0, 0.05) is 43.0 Å². The first-order valence-corrected chi connectivity index (χ1v) is 12.8. The summed E-state index contributed by atoms with van der Waals surface area (Å²) in [5, 5.41) is 3.31. The molecular weight excluding hydrogens is 504 g/mol. The molecule has 0 amide bonds. The van der Waals surface area contributed by atoms with Crippen LogP contribution in [0.2, 0.25) is 15.1 Å². The minimum atomic E-state index is -3.74. The molecule has 0 spiro atoms. The number of nitrogens with zero attached hydrogens (tertiary/aromatic N) is 3. The summed E-state index contributed by atoms with van der Waals surface area (Å²) in [6, 6.07) is 9.01. The van der Waals surface area contributed by atoms with Crippen LogP contribution in [0.3, 0.4) is 0 Å². The van der Waals surface area contributed by atoms with Gasteiger partial charge in [0.15, 0.2) is 5.13 Å². The van der Waals surface area contributed by atoms with Crippen LogP contribution in [0.4, 0.5) is 9.52 Å². The molecule has 2 heterocycles. The molecule has 1 aliphatic rings. The van der Waals surface area contributed by atoms with Crippen LogP contribution in [-0.4, -0.2) is 43.9 Å². The summed E-state index contributed by atoms with van der Waals surface area (Å²) < 4.78 is 40.9. The summed E-state index contributed by atoms with van der Waals surface area (Å²) >= 11 is 19.5. The van der Waals surface area contributed by atoms with Crippen molar-refractivity contribution in [3.63, 3.8) is 0 Å². The molecule has 4 rings (SSSR count). The Balaban J connectivity index is 1.43. The molecule has 0 N–H and O–H groups in total. The van der Waals surface area contributed by atoms with E-state index in [1.54, 1.807) is 18.2 Å². The third-order valence-electron chi connectivity index (χ3n) is 4.89. The Morgan fingerprint density at radius 2 is 1.81 bits per heavy atom. The van der Waals surface area contributed by atoms with E-state index in [9.17, 15) is 12.8 Å². The van der Waals surface area contributed by atoms with Crippen LogP contribution in [0.15, 0.2) is 46.7 Å². The van der Waals surface area contributed by atoms with Gasteiger partial charge in [0.05, 0.1) is 15.7 Å². The first kappa shape index (κ1) is 22.8. The van der Waals surface area contributed by atoms with Gasteiger partial charge < -0.3 is 4.90 Å². The van der Waals surface area contributed by atoms with E-state index >= 15 is 0 Å². The molecule has 0 unspecified atom stereocenters. The average Bonchev–Trinajstić information content (AvgIpc) is 3.17. The third kappa shape index (κ3) is 4.99. The SMILES string of the molecule is O=S(=O)(c1cccc(Cl)c1Cl)N1CCN(c2nc(Cc3cc(F)cc(Cl)c3)cs2)CC1. The quantitative estimate of drug-likeness (QED) is 0.455. The van der Waals surface area contributed by atoms with Gasteiger partial charge in [0.2, 0.25) is 10.0 Å². The van der Waals surface area contributed by atoms with Crippen molar-refractivity contribution in [3.8, 4) is 0 Å². The van der Waals surface area contributed by atoms with Crippen LogP contribution in [0, 0.1) is 5.82 Å². The second-order valence-corrected chi connectivity index (χ2v) is 11.0. The standard InChI is InChI=1S/C20H17Cl3FN3O2S2/c21-14-8-13(9-15(24)11-14)10-16-12-30-20(25-16)26-4-6-27(7-5-26)31(28,29)18-3-1-2-17(22)19(18)23/h1-3,8-9,11-12H,4-7,10H2. The number of hydrogen-bond acceptors (Lipinski definition) is 5. The summed E-state index contributed by atoms with van der Waals surface area (Å²) in [5.74, 6) is -0.380. The Bertz CT molecular complexity index is 1190. The molecular formula is C20H17Cl3FN3O2S2. The molecule has 2 aromatic carbocycles. The lowest BCUT2D eigenvalue weighted by Gasteiger charge is -2.34. The summed E-state index contributed by atoms with van der Waals surface area (Å²) in [6.45, 7) is 1.60. The number of thiazole rings is 1. The fourth-order valence-electron chi connectivity index (χ4n) is 3.39. The molecule has 1 aromatic heterocycles. The minimum Gasteiger partial charge on any atom is -0.345 e. The number of halogens is 4. The van der Waals surface area contributed by atoms with Crippen molar-refractivity contribution < 1.29 is 12.8 Å². The first-order valence-electron chi connectivity index (χ1n) is 9.32. The second kappa shape index (κ2) is 9.21. The predicted octanol–water partition coefficient (Wildman–Crippen LogP) is 5.34. The van der Waals surface area contributed by atoms with E-state index in [0.717, 1.165) is 16.4 Å². The minimum absolute atomic E-state index is 0.0143. The third-order valence-corrected chi connectivity index (χ3v) is 8.93. The maximum Gasteiger partial charge on any atom is 0.244 e. The van der Waals surface area contributed by atoms with E-state index in [1.807, 2.05) is 10.3 Å².